The molecule has 0 amide bonds. The predicted molar refractivity (Wildman–Crippen MR) is 63.8 cm³/mol. The van der Waals surface area contributed by atoms with Crippen LogP contribution in [0.15, 0.2) is 15.9 Å². The van der Waals surface area contributed by atoms with E-state index in [9.17, 15) is 4.79 Å². The Balaban J connectivity index is 2.55. The van der Waals surface area contributed by atoms with Gasteiger partial charge >= 0.3 is 0 Å². The first-order valence-electron chi connectivity index (χ1n) is 4.67. The third-order valence-corrected chi connectivity index (χ3v) is 3.86. The van der Waals surface area contributed by atoms with Crippen LogP contribution >= 0.6 is 27.3 Å². The fraction of sp³-hybridized carbons (Fsp3) is 0.500. The van der Waals surface area contributed by atoms with Crippen LogP contribution in [-0.2, 0) is 0 Å². The Bertz CT molecular complexity index is 311. The number of Topliss-reactive ketones (excluding diaryl/α,β-unsaturated/α-hetero) is 1. The summed E-state index contributed by atoms with van der Waals surface area (Å²) in [7, 11) is 0. The van der Waals surface area contributed by atoms with Gasteiger partial charge < -0.3 is 5.73 Å². The smallest absolute Gasteiger partial charge is 0.175 e. The number of nitrogens with two attached hydrogens (primary N) is 1. The Morgan fingerprint density at radius 3 is 2.93 bits per heavy atom. The average Bonchev–Trinajstić information content (AvgIpc) is 2.51. The van der Waals surface area contributed by atoms with Crippen molar-refractivity contribution in [1.82, 2.24) is 0 Å². The Kier molecular flexibility index (Phi) is 4.78. The summed E-state index contributed by atoms with van der Waals surface area (Å²) in [6.07, 6.45) is 2.39. The minimum Gasteiger partial charge on any atom is -0.327 e. The van der Waals surface area contributed by atoms with Crippen LogP contribution in [0.1, 0.15) is 35.9 Å². The van der Waals surface area contributed by atoms with Gasteiger partial charge in [0.25, 0.3) is 0 Å². The first-order valence-corrected chi connectivity index (χ1v) is 6.34. The second kappa shape index (κ2) is 5.63. The zero-order valence-corrected chi connectivity index (χ0v) is 10.5. The quantitative estimate of drug-likeness (QED) is 0.839. The highest BCUT2D eigenvalue weighted by molar-refractivity contribution is 9.10. The van der Waals surface area contributed by atoms with Gasteiger partial charge in [-0.25, -0.2) is 0 Å². The molecule has 1 aromatic rings. The Hall–Kier alpha value is -0.190. The van der Waals surface area contributed by atoms with Gasteiger partial charge in [0.15, 0.2) is 5.78 Å². The summed E-state index contributed by atoms with van der Waals surface area (Å²) in [5.74, 6) is 0.146. The van der Waals surface area contributed by atoms with E-state index >= 15 is 0 Å². The Morgan fingerprint density at radius 2 is 2.43 bits per heavy atom. The molecular formula is C10H14BrNOS. The first-order chi connectivity index (χ1) is 6.65. The van der Waals surface area contributed by atoms with Crippen molar-refractivity contribution in [3.63, 3.8) is 0 Å². The second-order valence-electron chi connectivity index (χ2n) is 3.27. The van der Waals surface area contributed by atoms with Crippen LogP contribution in [0.4, 0.5) is 0 Å². The molecule has 1 heterocycles. The molecule has 0 radical (unpaired) electrons. The third kappa shape index (κ3) is 3.19. The Morgan fingerprint density at radius 1 is 1.71 bits per heavy atom. The molecule has 0 saturated carbocycles. The molecule has 2 N–H and O–H groups in total. The van der Waals surface area contributed by atoms with Gasteiger partial charge in [0.2, 0.25) is 0 Å². The number of thiophene rings is 1. The average molecular weight is 276 g/mol. The second-order valence-corrected chi connectivity index (χ2v) is 5.04. The van der Waals surface area contributed by atoms with Crippen molar-refractivity contribution in [2.24, 2.45) is 5.73 Å². The lowest BCUT2D eigenvalue weighted by Gasteiger charge is -2.07. The van der Waals surface area contributed by atoms with Gasteiger partial charge in [-0.15, -0.1) is 11.3 Å². The molecule has 0 saturated heterocycles. The maximum atomic E-state index is 11.7. The molecule has 1 atom stereocenters. The van der Waals surface area contributed by atoms with Gasteiger partial charge in [0.1, 0.15) is 0 Å². The molecule has 0 aliphatic rings. The van der Waals surface area contributed by atoms with Crippen molar-refractivity contribution in [2.45, 2.75) is 32.2 Å². The summed E-state index contributed by atoms with van der Waals surface area (Å²) in [6, 6.07) is 1.89. The molecule has 1 aromatic heterocycles. The maximum Gasteiger partial charge on any atom is 0.175 e. The SMILES string of the molecule is CCCC(N)CC(=O)c1sccc1Br. The minimum atomic E-state index is 0.00139. The maximum absolute atomic E-state index is 11.7. The molecule has 0 spiro atoms. The first kappa shape index (κ1) is 11.9. The third-order valence-electron chi connectivity index (χ3n) is 1.98. The summed E-state index contributed by atoms with van der Waals surface area (Å²) < 4.78 is 0.885. The van der Waals surface area contributed by atoms with Crippen molar-refractivity contribution < 1.29 is 4.79 Å². The van der Waals surface area contributed by atoms with E-state index in [-0.39, 0.29) is 11.8 Å². The van der Waals surface area contributed by atoms with Crippen LogP contribution in [0.5, 0.6) is 0 Å². The lowest BCUT2D eigenvalue weighted by molar-refractivity contribution is 0.0976. The molecule has 0 fully saturated rings. The predicted octanol–water partition coefficient (Wildman–Crippen LogP) is 3.21. The molecule has 1 rings (SSSR count). The van der Waals surface area contributed by atoms with Gasteiger partial charge in [0, 0.05) is 16.9 Å². The van der Waals surface area contributed by atoms with Crippen LogP contribution in [0.3, 0.4) is 0 Å². The topological polar surface area (TPSA) is 43.1 Å². The molecule has 0 bridgehead atoms. The highest BCUT2D eigenvalue weighted by Crippen LogP contribution is 2.24. The largest absolute Gasteiger partial charge is 0.327 e. The van der Waals surface area contributed by atoms with E-state index in [1.807, 2.05) is 11.4 Å². The number of halogens is 1. The van der Waals surface area contributed by atoms with Crippen molar-refractivity contribution in [1.29, 1.82) is 0 Å². The summed E-state index contributed by atoms with van der Waals surface area (Å²) in [5.41, 5.74) is 5.81. The molecule has 1 unspecified atom stereocenters. The molecule has 2 nitrogen and oxygen atoms in total. The number of rotatable bonds is 5. The van der Waals surface area contributed by atoms with Crippen molar-refractivity contribution in [3.05, 3.63) is 20.8 Å². The summed E-state index contributed by atoms with van der Waals surface area (Å²) >= 11 is 4.81. The molecule has 0 aromatic carbocycles. The van der Waals surface area contributed by atoms with Crippen molar-refractivity contribution in [3.8, 4) is 0 Å². The van der Waals surface area contributed by atoms with Crippen LogP contribution in [0, 0.1) is 0 Å². The van der Waals surface area contributed by atoms with Gasteiger partial charge in [-0.1, -0.05) is 13.3 Å². The number of hydrogen-bond acceptors (Lipinski definition) is 3. The van der Waals surface area contributed by atoms with Gasteiger partial charge in [-0.05, 0) is 33.8 Å². The zero-order chi connectivity index (χ0) is 10.6. The normalized spacial score (nSPS) is 12.8. The van der Waals surface area contributed by atoms with Crippen LogP contribution < -0.4 is 5.73 Å². The summed E-state index contributed by atoms with van der Waals surface area (Å²) in [6.45, 7) is 2.07. The van der Waals surface area contributed by atoms with Gasteiger partial charge in [0.05, 0.1) is 4.88 Å². The monoisotopic (exact) mass is 275 g/mol. The van der Waals surface area contributed by atoms with Crippen LogP contribution in [0.2, 0.25) is 0 Å². The number of carbonyl (C=O) groups is 1. The lowest BCUT2D eigenvalue weighted by Crippen LogP contribution is -2.23. The fourth-order valence-corrected chi connectivity index (χ4v) is 2.84. The van der Waals surface area contributed by atoms with E-state index in [0.717, 1.165) is 22.2 Å². The molecule has 14 heavy (non-hydrogen) atoms. The molecular weight excluding hydrogens is 262 g/mol. The number of hydrogen-bond donors (Lipinski definition) is 1. The minimum absolute atomic E-state index is 0.00139. The summed E-state index contributed by atoms with van der Waals surface area (Å²) in [5, 5.41) is 1.91. The van der Waals surface area contributed by atoms with E-state index in [0.29, 0.717) is 6.42 Å². The van der Waals surface area contributed by atoms with Crippen LogP contribution in [-0.4, -0.2) is 11.8 Å². The van der Waals surface area contributed by atoms with E-state index in [1.54, 1.807) is 0 Å². The molecule has 4 heteroatoms. The van der Waals surface area contributed by atoms with E-state index < -0.39 is 0 Å². The van der Waals surface area contributed by atoms with E-state index in [4.69, 9.17) is 5.73 Å². The van der Waals surface area contributed by atoms with E-state index in [1.165, 1.54) is 11.3 Å². The number of ketones is 1. The summed E-state index contributed by atoms with van der Waals surface area (Å²) in [4.78, 5) is 12.5. The highest BCUT2D eigenvalue weighted by Gasteiger charge is 2.14. The molecule has 78 valence electrons. The van der Waals surface area contributed by atoms with Gasteiger partial charge in [-0.2, -0.15) is 0 Å². The fourth-order valence-electron chi connectivity index (χ4n) is 1.30. The van der Waals surface area contributed by atoms with Crippen molar-refractivity contribution in [2.75, 3.05) is 0 Å². The van der Waals surface area contributed by atoms with Gasteiger partial charge in [-0.3, -0.25) is 4.79 Å². The number of carbonyl (C=O) groups excluding carboxylic acids is 1. The highest BCUT2D eigenvalue weighted by atomic mass is 79.9. The molecule has 0 aliphatic heterocycles. The van der Waals surface area contributed by atoms with Crippen molar-refractivity contribution >= 4 is 33.0 Å². The van der Waals surface area contributed by atoms with Crippen LogP contribution in [0.25, 0.3) is 0 Å². The Labute approximate surface area is 96.6 Å². The standard InChI is InChI=1S/C10H14BrNOS/c1-2-3-7(12)6-9(13)10-8(11)4-5-14-10/h4-5,7H,2-3,6,12H2,1H3. The molecule has 0 aliphatic carbocycles. The zero-order valence-electron chi connectivity index (χ0n) is 8.13. The lowest BCUT2D eigenvalue weighted by atomic mass is 10.1. The van der Waals surface area contributed by atoms with E-state index in [2.05, 4.69) is 22.9 Å².